The molecule has 3 rings (SSSR count). The molecule has 1 aliphatic rings. The molecule has 2 aromatic rings. The van der Waals surface area contributed by atoms with Gasteiger partial charge in [0.05, 0.1) is 20.3 Å². The van der Waals surface area contributed by atoms with Gasteiger partial charge in [0.2, 0.25) is 5.89 Å². The number of benzene rings is 1. The average Bonchev–Trinajstić information content (AvgIpc) is 3.12. The number of morpholine rings is 1. The lowest BCUT2D eigenvalue weighted by atomic mass is 10.1. The number of methoxy groups -OCH3 is 1. The first-order chi connectivity index (χ1) is 12.0. The molecule has 1 aromatic carbocycles. The predicted molar refractivity (Wildman–Crippen MR) is 90.7 cm³/mol. The molecule has 0 saturated carbocycles. The number of amides is 1. The molecule has 25 heavy (non-hydrogen) atoms. The quantitative estimate of drug-likeness (QED) is 0.848. The molecule has 1 saturated heterocycles. The smallest absolute Gasteiger partial charge is 0.254 e. The monoisotopic (exact) mass is 345 g/mol. The molecule has 1 amide bonds. The van der Waals surface area contributed by atoms with Gasteiger partial charge in [-0.25, -0.2) is 0 Å². The van der Waals surface area contributed by atoms with E-state index in [9.17, 15) is 4.79 Å². The van der Waals surface area contributed by atoms with Gasteiger partial charge in [0.15, 0.2) is 5.82 Å². The van der Waals surface area contributed by atoms with Gasteiger partial charge in [0.1, 0.15) is 11.8 Å². The van der Waals surface area contributed by atoms with Crippen molar-refractivity contribution < 1.29 is 18.8 Å². The Morgan fingerprint density at radius 3 is 2.88 bits per heavy atom. The van der Waals surface area contributed by atoms with Crippen LogP contribution in [0.15, 0.2) is 22.7 Å². The molecule has 2 heterocycles. The van der Waals surface area contributed by atoms with E-state index in [-0.39, 0.29) is 17.9 Å². The van der Waals surface area contributed by atoms with Gasteiger partial charge in [0.25, 0.3) is 5.91 Å². The molecular formula is C18H23N3O4. The number of rotatable bonds is 4. The Morgan fingerprint density at radius 2 is 2.20 bits per heavy atom. The maximum atomic E-state index is 13.0. The summed E-state index contributed by atoms with van der Waals surface area (Å²) in [5.74, 6) is 1.77. The first-order valence-electron chi connectivity index (χ1n) is 8.38. The van der Waals surface area contributed by atoms with E-state index >= 15 is 0 Å². The van der Waals surface area contributed by atoms with Crippen LogP contribution in [0.4, 0.5) is 0 Å². The van der Waals surface area contributed by atoms with Crippen LogP contribution in [0.2, 0.25) is 0 Å². The third-order valence-corrected chi connectivity index (χ3v) is 4.29. The van der Waals surface area contributed by atoms with Gasteiger partial charge < -0.3 is 18.9 Å². The molecule has 134 valence electrons. The van der Waals surface area contributed by atoms with Crippen molar-refractivity contribution in [2.24, 2.45) is 0 Å². The second kappa shape index (κ2) is 7.23. The van der Waals surface area contributed by atoms with E-state index in [0.717, 1.165) is 5.56 Å². The Labute approximate surface area is 146 Å². The van der Waals surface area contributed by atoms with E-state index in [4.69, 9.17) is 14.0 Å². The number of carbonyl (C=O) groups is 1. The third kappa shape index (κ3) is 3.51. The molecule has 1 fully saturated rings. The molecule has 0 aliphatic carbocycles. The molecule has 0 N–H and O–H groups in total. The highest BCUT2D eigenvalue weighted by Crippen LogP contribution is 2.27. The Balaban J connectivity index is 1.88. The van der Waals surface area contributed by atoms with Crippen molar-refractivity contribution in [1.82, 2.24) is 15.0 Å². The van der Waals surface area contributed by atoms with E-state index in [1.165, 1.54) is 0 Å². The molecule has 0 unspecified atom stereocenters. The van der Waals surface area contributed by atoms with E-state index in [1.54, 1.807) is 18.1 Å². The molecule has 1 atom stereocenters. The fourth-order valence-electron chi connectivity index (χ4n) is 2.80. The summed E-state index contributed by atoms with van der Waals surface area (Å²) in [6.07, 6.45) is 0. The lowest BCUT2D eigenvalue weighted by Gasteiger charge is -2.33. The average molecular weight is 345 g/mol. The zero-order valence-electron chi connectivity index (χ0n) is 15.0. The van der Waals surface area contributed by atoms with Crippen molar-refractivity contribution >= 4 is 5.91 Å². The maximum absolute atomic E-state index is 13.0. The molecule has 0 bridgehead atoms. The van der Waals surface area contributed by atoms with Crippen LogP contribution in [-0.4, -0.2) is 47.8 Å². The zero-order chi connectivity index (χ0) is 18.0. The van der Waals surface area contributed by atoms with Gasteiger partial charge in [-0.05, 0) is 24.6 Å². The van der Waals surface area contributed by atoms with Crippen molar-refractivity contribution in [3.05, 3.63) is 41.0 Å². The minimum Gasteiger partial charge on any atom is -0.496 e. The summed E-state index contributed by atoms with van der Waals surface area (Å²) in [5.41, 5.74) is 1.55. The van der Waals surface area contributed by atoms with Crippen LogP contribution in [0.5, 0.6) is 5.75 Å². The number of aryl methyl sites for hydroxylation is 1. The SMILES string of the molecule is COc1cc(C(=O)N2CCOC[C@H]2c2noc(C(C)C)n2)ccc1C. The Hall–Kier alpha value is -2.41. The molecule has 0 spiro atoms. The van der Waals surface area contributed by atoms with Gasteiger partial charge >= 0.3 is 0 Å². The van der Waals surface area contributed by atoms with Gasteiger partial charge in [-0.15, -0.1) is 0 Å². The summed E-state index contributed by atoms with van der Waals surface area (Å²) in [6, 6.07) is 5.10. The number of hydrogen-bond donors (Lipinski definition) is 0. The highest BCUT2D eigenvalue weighted by atomic mass is 16.5. The van der Waals surface area contributed by atoms with Crippen LogP contribution in [-0.2, 0) is 4.74 Å². The van der Waals surface area contributed by atoms with Crippen LogP contribution < -0.4 is 4.74 Å². The first kappa shape index (κ1) is 17.4. The normalized spacial score (nSPS) is 17.8. The Kier molecular flexibility index (Phi) is 5.03. The number of ether oxygens (including phenoxy) is 2. The highest BCUT2D eigenvalue weighted by Gasteiger charge is 2.33. The maximum Gasteiger partial charge on any atom is 0.254 e. The number of carbonyl (C=O) groups excluding carboxylic acids is 1. The highest BCUT2D eigenvalue weighted by molar-refractivity contribution is 5.95. The van der Waals surface area contributed by atoms with Crippen LogP contribution in [0, 0.1) is 6.92 Å². The minimum atomic E-state index is -0.357. The third-order valence-electron chi connectivity index (χ3n) is 4.29. The summed E-state index contributed by atoms with van der Waals surface area (Å²) in [6.45, 7) is 7.22. The number of hydrogen-bond acceptors (Lipinski definition) is 6. The van der Waals surface area contributed by atoms with Gasteiger partial charge in [-0.2, -0.15) is 4.98 Å². The fourth-order valence-corrected chi connectivity index (χ4v) is 2.80. The molecule has 7 heteroatoms. The second-order valence-corrected chi connectivity index (χ2v) is 6.42. The van der Waals surface area contributed by atoms with Crippen molar-refractivity contribution in [1.29, 1.82) is 0 Å². The van der Waals surface area contributed by atoms with E-state index < -0.39 is 0 Å². The largest absolute Gasteiger partial charge is 0.496 e. The number of aromatic nitrogens is 2. The molecule has 7 nitrogen and oxygen atoms in total. The van der Waals surface area contributed by atoms with Crippen molar-refractivity contribution in [3.8, 4) is 5.75 Å². The Morgan fingerprint density at radius 1 is 1.40 bits per heavy atom. The summed E-state index contributed by atoms with van der Waals surface area (Å²) in [4.78, 5) is 19.2. The summed E-state index contributed by atoms with van der Waals surface area (Å²) in [7, 11) is 1.60. The summed E-state index contributed by atoms with van der Waals surface area (Å²) in [5, 5.41) is 4.05. The van der Waals surface area contributed by atoms with Crippen molar-refractivity contribution in [2.75, 3.05) is 26.9 Å². The lowest BCUT2D eigenvalue weighted by Crippen LogP contribution is -2.43. The van der Waals surface area contributed by atoms with Gasteiger partial charge in [-0.3, -0.25) is 4.79 Å². The van der Waals surface area contributed by atoms with Gasteiger partial charge in [-0.1, -0.05) is 25.1 Å². The second-order valence-electron chi connectivity index (χ2n) is 6.42. The van der Waals surface area contributed by atoms with E-state index in [1.807, 2.05) is 32.9 Å². The zero-order valence-corrected chi connectivity index (χ0v) is 15.0. The molecule has 0 radical (unpaired) electrons. The summed E-state index contributed by atoms with van der Waals surface area (Å²) >= 11 is 0. The fraction of sp³-hybridized carbons (Fsp3) is 0.500. The van der Waals surface area contributed by atoms with E-state index in [2.05, 4.69) is 10.1 Å². The first-order valence-corrected chi connectivity index (χ1v) is 8.38. The topological polar surface area (TPSA) is 77.7 Å². The van der Waals surface area contributed by atoms with Crippen LogP contribution in [0.25, 0.3) is 0 Å². The summed E-state index contributed by atoms with van der Waals surface area (Å²) < 4.78 is 16.2. The minimum absolute atomic E-state index is 0.0949. The van der Waals surface area contributed by atoms with Gasteiger partial charge in [0, 0.05) is 18.0 Å². The lowest BCUT2D eigenvalue weighted by molar-refractivity contribution is -0.00578. The molecular weight excluding hydrogens is 322 g/mol. The molecule has 1 aliphatic heterocycles. The van der Waals surface area contributed by atoms with E-state index in [0.29, 0.717) is 42.8 Å². The predicted octanol–water partition coefficient (Wildman–Crippen LogP) is 2.72. The Bertz CT molecular complexity index is 757. The van der Waals surface area contributed by atoms with Crippen molar-refractivity contribution in [3.63, 3.8) is 0 Å². The van der Waals surface area contributed by atoms with Crippen molar-refractivity contribution in [2.45, 2.75) is 32.7 Å². The number of nitrogens with zero attached hydrogens (tertiary/aromatic N) is 3. The van der Waals surface area contributed by atoms with Crippen LogP contribution in [0.3, 0.4) is 0 Å². The standard InChI is InChI=1S/C18H23N3O4/c1-11(2)17-19-16(20-25-17)14-10-24-8-7-21(14)18(22)13-6-5-12(3)15(9-13)23-4/h5-6,9,11,14H,7-8,10H2,1-4H3/t14-/m0/s1. The van der Waals surface area contributed by atoms with Crippen LogP contribution >= 0.6 is 0 Å². The van der Waals surface area contributed by atoms with Crippen LogP contribution in [0.1, 0.15) is 53.4 Å². The molecule has 1 aromatic heterocycles.